The highest BCUT2D eigenvalue weighted by molar-refractivity contribution is 7.90. The van der Waals surface area contributed by atoms with E-state index in [2.05, 4.69) is 10.3 Å². The van der Waals surface area contributed by atoms with Crippen molar-refractivity contribution in [3.63, 3.8) is 0 Å². The van der Waals surface area contributed by atoms with Gasteiger partial charge in [-0.1, -0.05) is 17.7 Å². The van der Waals surface area contributed by atoms with Crippen molar-refractivity contribution in [3.05, 3.63) is 52.8 Å². The minimum atomic E-state index is -3.33. The lowest BCUT2D eigenvalue weighted by Crippen LogP contribution is -2.08. The molecule has 3 aromatic rings. The first-order valence-corrected chi connectivity index (χ1v) is 9.90. The van der Waals surface area contributed by atoms with Crippen LogP contribution in [0.3, 0.4) is 0 Å². The second kappa shape index (κ2) is 6.39. The molecule has 0 unspecified atom stereocenters. The van der Waals surface area contributed by atoms with E-state index in [4.69, 9.17) is 11.6 Å². The van der Waals surface area contributed by atoms with Crippen molar-refractivity contribution < 1.29 is 13.2 Å². The number of nitrogens with zero attached hydrogens (tertiary/aromatic N) is 2. The number of aromatic nitrogens is 2. The standard InChI is InChI=1S/C15H12ClN3O3S2/c1-24(21,22)11-4-2-3-10(9-11)17-13(20)6-5-12-14(16)18-15-19(12)7-8-23-15/h2-9H,1H3,(H,17,20)/b6-5+. The fraction of sp³-hybridized carbons (Fsp3) is 0.0667. The number of sulfone groups is 1. The summed E-state index contributed by atoms with van der Waals surface area (Å²) in [6.45, 7) is 0. The normalized spacial score (nSPS) is 12.1. The molecule has 0 saturated heterocycles. The Morgan fingerprint density at radius 2 is 2.21 bits per heavy atom. The van der Waals surface area contributed by atoms with Crippen molar-refractivity contribution in [1.82, 2.24) is 9.38 Å². The summed E-state index contributed by atoms with van der Waals surface area (Å²) in [5.74, 6) is -0.401. The van der Waals surface area contributed by atoms with Crippen LogP contribution in [0.15, 0.2) is 46.8 Å². The van der Waals surface area contributed by atoms with Gasteiger partial charge in [-0.2, -0.15) is 0 Å². The lowest BCUT2D eigenvalue weighted by atomic mass is 10.3. The summed E-state index contributed by atoms with van der Waals surface area (Å²) in [5, 5.41) is 4.80. The molecule has 124 valence electrons. The number of halogens is 1. The molecule has 1 amide bonds. The third-order valence-corrected chi connectivity index (χ3v) is 5.32. The first-order valence-electron chi connectivity index (χ1n) is 6.75. The molecule has 24 heavy (non-hydrogen) atoms. The largest absolute Gasteiger partial charge is 0.322 e. The van der Waals surface area contributed by atoms with Crippen LogP contribution in [0.4, 0.5) is 5.69 Å². The van der Waals surface area contributed by atoms with E-state index in [1.807, 2.05) is 11.6 Å². The zero-order valence-corrected chi connectivity index (χ0v) is 14.8. The van der Waals surface area contributed by atoms with E-state index in [0.29, 0.717) is 16.5 Å². The molecule has 1 aromatic carbocycles. The smallest absolute Gasteiger partial charge is 0.248 e. The van der Waals surface area contributed by atoms with E-state index < -0.39 is 15.7 Å². The number of benzene rings is 1. The number of fused-ring (bicyclic) bond motifs is 1. The molecule has 0 spiro atoms. The zero-order valence-electron chi connectivity index (χ0n) is 12.4. The average molecular weight is 382 g/mol. The fourth-order valence-electron chi connectivity index (χ4n) is 2.07. The number of carbonyl (C=O) groups is 1. The molecule has 9 heteroatoms. The van der Waals surface area contributed by atoms with Gasteiger partial charge in [0, 0.05) is 29.6 Å². The topological polar surface area (TPSA) is 80.5 Å². The molecule has 0 atom stereocenters. The molecule has 2 aromatic heterocycles. The van der Waals surface area contributed by atoms with Gasteiger partial charge in [-0.15, -0.1) is 11.3 Å². The van der Waals surface area contributed by atoms with Crippen molar-refractivity contribution >= 4 is 55.4 Å². The Morgan fingerprint density at radius 3 is 2.96 bits per heavy atom. The Bertz CT molecular complexity index is 1050. The fourth-order valence-corrected chi connectivity index (χ4v) is 3.74. The predicted molar refractivity (Wildman–Crippen MR) is 95.3 cm³/mol. The molecule has 0 fully saturated rings. The minimum Gasteiger partial charge on any atom is -0.322 e. The van der Waals surface area contributed by atoms with Crippen LogP contribution in [0.5, 0.6) is 0 Å². The second-order valence-electron chi connectivity index (χ2n) is 4.97. The molecule has 0 bridgehead atoms. The molecule has 0 radical (unpaired) electrons. The third kappa shape index (κ3) is 3.50. The van der Waals surface area contributed by atoms with Gasteiger partial charge < -0.3 is 5.32 Å². The van der Waals surface area contributed by atoms with E-state index >= 15 is 0 Å². The Morgan fingerprint density at radius 1 is 1.42 bits per heavy atom. The van der Waals surface area contributed by atoms with Gasteiger partial charge in [-0.25, -0.2) is 13.4 Å². The Kier molecular flexibility index (Phi) is 4.44. The zero-order chi connectivity index (χ0) is 17.3. The first kappa shape index (κ1) is 16.7. The van der Waals surface area contributed by atoms with Crippen molar-refractivity contribution in [2.24, 2.45) is 0 Å². The highest BCUT2D eigenvalue weighted by Gasteiger charge is 2.10. The minimum absolute atomic E-state index is 0.142. The summed E-state index contributed by atoms with van der Waals surface area (Å²) >= 11 is 7.49. The Balaban J connectivity index is 1.79. The van der Waals surface area contributed by atoms with Gasteiger partial charge in [0.05, 0.1) is 10.6 Å². The van der Waals surface area contributed by atoms with E-state index in [9.17, 15) is 13.2 Å². The van der Waals surface area contributed by atoms with Crippen LogP contribution in [0, 0.1) is 0 Å². The summed E-state index contributed by atoms with van der Waals surface area (Å²) in [6.07, 6.45) is 5.80. The molecule has 2 heterocycles. The van der Waals surface area contributed by atoms with Crippen LogP contribution < -0.4 is 5.32 Å². The molecule has 0 saturated carbocycles. The molecule has 0 aliphatic rings. The summed E-state index contributed by atoms with van der Waals surface area (Å²) in [5.41, 5.74) is 1.00. The van der Waals surface area contributed by atoms with Gasteiger partial charge >= 0.3 is 0 Å². The molecular formula is C15H12ClN3O3S2. The van der Waals surface area contributed by atoms with Crippen molar-refractivity contribution in [3.8, 4) is 0 Å². The Labute approximate surface area is 147 Å². The maximum atomic E-state index is 12.0. The van der Waals surface area contributed by atoms with Gasteiger partial charge in [-0.05, 0) is 24.3 Å². The third-order valence-electron chi connectivity index (χ3n) is 3.18. The molecule has 0 aliphatic heterocycles. The number of nitrogens with one attached hydrogen (secondary N) is 1. The van der Waals surface area contributed by atoms with Crippen LogP contribution in [-0.2, 0) is 14.6 Å². The average Bonchev–Trinajstić information content (AvgIpc) is 3.05. The predicted octanol–water partition coefficient (Wildman–Crippen LogP) is 3.10. The molecular weight excluding hydrogens is 370 g/mol. The van der Waals surface area contributed by atoms with Gasteiger partial charge in [0.1, 0.15) is 0 Å². The van der Waals surface area contributed by atoms with E-state index in [-0.39, 0.29) is 4.90 Å². The van der Waals surface area contributed by atoms with Crippen LogP contribution in [0.25, 0.3) is 11.0 Å². The van der Waals surface area contributed by atoms with Gasteiger partial charge in [0.2, 0.25) is 5.91 Å². The molecule has 0 aliphatic carbocycles. The summed E-state index contributed by atoms with van der Waals surface area (Å²) in [6, 6.07) is 6.06. The quantitative estimate of drug-likeness (QED) is 0.704. The molecule has 1 N–H and O–H groups in total. The van der Waals surface area contributed by atoms with Crippen LogP contribution in [0.1, 0.15) is 5.69 Å². The van der Waals surface area contributed by atoms with E-state index in [1.165, 1.54) is 29.5 Å². The number of thiazole rings is 1. The SMILES string of the molecule is CS(=O)(=O)c1cccc(NC(=O)/C=C/c2c(Cl)nc3sccn23)c1. The highest BCUT2D eigenvalue weighted by Crippen LogP contribution is 2.22. The number of rotatable bonds is 4. The number of hydrogen-bond acceptors (Lipinski definition) is 5. The number of anilines is 1. The molecule has 6 nitrogen and oxygen atoms in total. The van der Waals surface area contributed by atoms with Gasteiger partial charge in [0.15, 0.2) is 20.0 Å². The maximum absolute atomic E-state index is 12.0. The first-order chi connectivity index (χ1) is 11.3. The van der Waals surface area contributed by atoms with Crippen molar-refractivity contribution in [2.45, 2.75) is 4.90 Å². The van der Waals surface area contributed by atoms with Gasteiger partial charge in [-0.3, -0.25) is 9.20 Å². The molecule has 3 rings (SSSR count). The number of amides is 1. The van der Waals surface area contributed by atoms with E-state index in [1.54, 1.807) is 22.6 Å². The van der Waals surface area contributed by atoms with Crippen LogP contribution in [0.2, 0.25) is 5.15 Å². The lowest BCUT2D eigenvalue weighted by molar-refractivity contribution is -0.111. The van der Waals surface area contributed by atoms with Crippen molar-refractivity contribution in [2.75, 3.05) is 11.6 Å². The number of hydrogen-bond donors (Lipinski definition) is 1. The summed E-state index contributed by atoms with van der Waals surface area (Å²) in [4.78, 5) is 17.1. The highest BCUT2D eigenvalue weighted by atomic mass is 35.5. The summed E-state index contributed by atoms with van der Waals surface area (Å²) in [7, 11) is -3.33. The number of imidazole rings is 1. The van der Waals surface area contributed by atoms with Gasteiger partial charge in [0.25, 0.3) is 0 Å². The van der Waals surface area contributed by atoms with Crippen LogP contribution >= 0.6 is 22.9 Å². The number of carbonyl (C=O) groups excluding carboxylic acids is 1. The van der Waals surface area contributed by atoms with E-state index in [0.717, 1.165) is 11.2 Å². The van der Waals surface area contributed by atoms with Crippen LogP contribution in [-0.4, -0.2) is 30.0 Å². The Hall–Kier alpha value is -2.16. The van der Waals surface area contributed by atoms with Crippen molar-refractivity contribution in [1.29, 1.82) is 0 Å². The second-order valence-corrected chi connectivity index (χ2v) is 8.21. The summed E-state index contributed by atoms with van der Waals surface area (Å²) < 4.78 is 24.9. The lowest BCUT2D eigenvalue weighted by Gasteiger charge is -2.04. The maximum Gasteiger partial charge on any atom is 0.248 e. The monoisotopic (exact) mass is 381 g/mol.